The van der Waals surface area contributed by atoms with Gasteiger partial charge in [-0.1, -0.05) is 12.1 Å². The average Bonchev–Trinajstić information content (AvgIpc) is 3.23. The van der Waals surface area contributed by atoms with Crippen LogP contribution in [0.5, 0.6) is 0 Å². The molecule has 0 unspecified atom stereocenters. The first-order valence-electron chi connectivity index (χ1n) is 7.89. The van der Waals surface area contributed by atoms with Gasteiger partial charge >= 0.3 is 0 Å². The van der Waals surface area contributed by atoms with Crippen LogP contribution in [-0.4, -0.2) is 16.8 Å². The van der Waals surface area contributed by atoms with Crippen LogP contribution in [0.25, 0.3) is 10.6 Å². The molecule has 2 N–H and O–H groups in total. The Hall–Kier alpha value is -2.99. The number of nitrogens with one attached hydrogen (secondary N) is 2. The number of hydrogen-bond donors (Lipinski definition) is 2. The van der Waals surface area contributed by atoms with Gasteiger partial charge in [-0.2, -0.15) is 0 Å². The number of carbonyl (C=O) groups excluding carboxylic acids is 2. The Morgan fingerprint density at radius 3 is 2.80 bits per heavy atom. The van der Waals surface area contributed by atoms with Gasteiger partial charge in [-0.25, -0.2) is 4.98 Å². The van der Waals surface area contributed by atoms with Crippen LogP contribution in [0.3, 0.4) is 0 Å². The number of thiazole rings is 1. The lowest BCUT2D eigenvalue weighted by Gasteiger charge is -2.07. The van der Waals surface area contributed by atoms with Crippen molar-refractivity contribution in [1.29, 1.82) is 0 Å². The van der Waals surface area contributed by atoms with Gasteiger partial charge in [-0.3, -0.25) is 9.59 Å². The van der Waals surface area contributed by atoms with E-state index in [1.165, 1.54) is 0 Å². The van der Waals surface area contributed by atoms with E-state index in [9.17, 15) is 9.59 Å². The normalized spacial score (nSPS) is 12.6. The van der Waals surface area contributed by atoms with Crippen LogP contribution in [-0.2, 0) is 22.4 Å². The highest BCUT2D eigenvalue weighted by molar-refractivity contribution is 7.13. The van der Waals surface area contributed by atoms with E-state index in [4.69, 9.17) is 0 Å². The summed E-state index contributed by atoms with van der Waals surface area (Å²) in [4.78, 5) is 27.9. The highest BCUT2D eigenvalue weighted by Gasteiger charge is 2.18. The molecule has 0 atom stereocenters. The summed E-state index contributed by atoms with van der Waals surface area (Å²) in [6, 6.07) is 13.3. The highest BCUT2D eigenvalue weighted by atomic mass is 32.1. The van der Waals surface area contributed by atoms with E-state index in [-0.39, 0.29) is 18.2 Å². The SMILES string of the molecule is O=C(Cc1ccc2c(c1)NC(=O)C2)Nc1ccc(-c2nccs2)cc1. The molecule has 0 bridgehead atoms. The Kier molecular flexibility index (Phi) is 4.03. The summed E-state index contributed by atoms with van der Waals surface area (Å²) >= 11 is 1.58. The fourth-order valence-electron chi connectivity index (χ4n) is 2.82. The maximum absolute atomic E-state index is 12.3. The summed E-state index contributed by atoms with van der Waals surface area (Å²) in [5.74, 6) is -0.0943. The molecule has 1 aromatic heterocycles. The third kappa shape index (κ3) is 3.44. The number of aromatic nitrogens is 1. The number of benzene rings is 2. The van der Waals surface area contributed by atoms with Crippen LogP contribution in [0.1, 0.15) is 11.1 Å². The van der Waals surface area contributed by atoms with Gasteiger partial charge < -0.3 is 10.6 Å². The monoisotopic (exact) mass is 349 g/mol. The van der Waals surface area contributed by atoms with Gasteiger partial charge in [0.2, 0.25) is 11.8 Å². The lowest BCUT2D eigenvalue weighted by molar-refractivity contribution is -0.116. The number of hydrogen-bond acceptors (Lipinski definition) is 4. The molecule has 124 valence electrons. The number of amides is 2. The first kappa shape index (κ1) is 15.5. The van der Waals surface area contributed by atoms with Crippen molar-refractivity contribution in [3.63, 3.8) is 0 Å². The van der Waals surface area contributed by atoms with Gasteiger partial charge in [0.1, 0.15) is 5.01 Å². The van der Waals surface area contributed by atoms with Gasteiger partial charge in [0, 0.05) is 28.5 Å². The minimum absolute atomic E-state index is 0.00285. The molecule has 0 fully saturated rings. The van der Waals surface area contributed by atoms with E-state index >= 15 is 0 Å². The van der Waals surface area contributed by atoms with Gasteiger partial charge in [0.25, 0.3) is 0 Å². The largest absolute Gasteiger partial charge is 0.326 e. The third-order valence-corrected chi connectivity index (χ3v) is 4.83. The van der Waals surface area contributed by atoms with Crippen LogP contribution >= 0.6 is 11.3 Å². The molecule has 5 nitrogen and oxygen atoms in total. The smallest absolute Gasteiger partial charge is 0.228 e. The topological polar surface area (TPSA) is 71.1 Å². The third-order valence-electron chi connectivity index (χ3n) is 4.01. The molecule has 0 aliphatic carbocycles. The van der Waals surface area contributed by atoms with Crippen molar-refractivity contribution in [3.8, 4) is 10.6 Å². The standard InChI is InChI=1S/C19H15N3O2S/c23-17(10-12-1-2-14-11-18(24)22-16(14)9-12)21-15-5-3-13(4-6-15)19-20-7-8-25-19/h1-9H,10-11H2,(H,21,23)(H,22,24). The molecule has 2 amide bonds. The zero-order valence-electron chi connectivity index (χ0n) is 13.3. The molecule has 0 radical (unpaired) electrons. The minimum Gasteiger partial charge on any atom is -0.326 e. The maximum Gasteiger partial charge on any atom is 0.228 e. The van der Waals surface area contributed by atoms with Crippen LogP contribution in [0.2, 0.25) is 0 Å². The number of rotatable bonds is 4. The minimum atomic E-state index is -0.0914. The highest BCUT2D eigenvalue weighted by Crippen LogP contribution is 2.25. The van der Waals surface area contributed by atoms with Crippen molar-refractivity contribution in [2.75, 3.05) is 10.6 Å². The molecule has 4 rings (SSSR count). The quantitative estimate of drug-likeness (QED) is 0.757. The van der Waals surface area contributed by atoms with E-state index < -0.39 is 0 Å². The van der Waals surface area contributed by atoms with E-state index in [0.717, 1.165) is 33.1 Å². The van der Waals surface area contributed by atoms with E-state index in [0.29, 0.717) is 6.42 Å². The number of anilines is 2. The molecular formula is C19H15N3O2S. The molecule has 1 aliphatic rings. The second-order valence-electron chi connectivity index (χ2n) is 5.86. The van der Waals surface area contributed by atoms with Gasteiger partial charge in [0.05, 0.1) is 12.8 Å². The van der Waals surface area contributed by atoms with Crippen LogP contribution in [0.4, 0.5) is 11.4 Å². The number of carbonyl (C=O) groups is 2. The molecule has 2 aromatic carbocycles. The lowest BCUT2D eigenvalue weighted by Crippen LogP contribution is -2.14. The van der Waals surface area contributed by atoms with Gasteiger partial charge in [-0.15, -0.1) is 11.3 Å². The predicted octanol–water partition coefficient (Wildman–Crippen LogP) is 3.49. The lowest BCUT2D eigenvalue weighted by atomic mass is 10.1. The Balaban J connectivity index is 1.41. The summed E-state index contributed by atoms with van der Waals surface area (Å²) in [6.07, 6.45) is 2.44. The molecule has 0 spiro atoms. The fourth-order valence-corrected chi connectivity index (χ4v) is 3.47. The van der Waals surface area contributed by atoms with E-state index in [1.54, 1.807) is 17.5 Å². The second kappa shape index (κ2) is 6.49. The molecule has 6 heteroatoms. The summed E-state index contributed by atoms with van der Waals surface area (Å²) < 4.78 is 0. The maximum atomic E-state index is 12.3. The molecule has 25 heavy (non-hydrogen) atoms. The van der Waals surface area contributed by atoms with Gasteiger partial charge in [0.15, 0.2) is 0 Å². The Labute approximate surface area is 148 Å². The second-order valence-corrected chi connectivity index (χ2v) is 6.75. The molecule has 1 aliphatic heterocycles. The molecule has 0 saturated heterocycles. The molecule has 3 aromatic rings. The van der Waals surface area contributed by atoms with Crippen molar-refractivity contribution in [1.82, 2.24) is 4.98 Å². The zero-order chi connectivity index (χ0) is 17.2. The fraction of sp³-hybridized carbons (Fsp3) is 0.105. The molecule has 0 saturated carbocycles. The van der Waals surface area contributed by atoms with Crippen LogP contribution in [0.15, 0.2) is 54.0 Å². The van der Waals surface area contributed by atoms with E-state index in [1.807, 2.05) is 47.8 Å². The number of fused-ring (bicyclic) bond motifs is 1. The van der Waals surface area contributed by atoms with Crippen molar-refractivity contribution >= 4 is 34.5 Å². The summed E-state index contributed by atoms with van der Waals surface area (Å²) in [7, 11) is 0. The van der Waals surface area contributed by atoms with Crippen LogP contribution < -0.4 is 10.6 Å². The van der Waals surface area contributed by atoms with Crippen molar-refractivity contribution in [2.24, 2.45) is 0 Å². The van der Waals surface area contributed by atoms with Gasteiger partial charge in [-0.05, 0) is 41.5 Å². The Morgan fingerprint density at radius 2 is 2.04 bits per heavy atom. The van der Waals surface area contributed by atoms with E-state index in [2.05, 4.69) is 15.6 Å². The first-order valence-corrected chi connectivity index (χ1v) is 8.77. The van der Waals surface area contributed by atoms with Crippen molar-refractivity contribution in [2.45, 2.75) is 12.8 Å². The number of nitrogens with zero attached hydrogens (tertiary/aromatic N) is 1. The summed E-state index contributed by atoms with van der Waals surface area (Å²) in [5.41, 5.74) is 4.44. The zero-order valence-corrected chi connectivity index (χ0v) is 14.1. The Bertz CT molecular complexity index is 934. The van der Waals surface area contributed by atoms with Crippen molar-refractivity contribution in [3.05, 3.63) is 65.2 Å². The predicted molar refractivity (Wildman–Crippen MR) is 98.7 cm³/mol. The summed E-state index contributed by atoms with van der Waals surface area (Å²) in [6.45, 7) is 0. The van der Waals surface area contributed by atoms with Crippen molar-refractivity contribution < 1.29 is 9.59 Å². The Morgan fingerprint density at radius 1 is 1.20 bits per heavy atom. The first-order chi connectivity index (χ1) is 12.2. The summed E-state index contributed by atoms with van der Waals surface area (Å²) in [5, 5.41) is 8.59. The molecule has 2 heterocycles. The average molecular weight is 349 g/mol. The van der Waals surface area contributed by atoms with Crippen LogP contribution in [0, 0.1) is 0 Å². The molecular weight excluding hydrogens is 334 g/mol.